The number of pyridine rings is 1. The molecule has 2 aromatic heterocycles. The predicted molar refractivity (Wildman–Crippen MR) is 131 cm³/mol. The number of rotatable bonds is 6. The Bertz CT molecular complexity index is 1420. The average molecular weight is 507 g/mol. The van der Waals surface area contributed by atoms with Gasteiger partial charge < -0.3 is 0 Å². The standard InChI is InChI=1S/C25H29F3N4O2S/c1-4-31-35(34)10-8-16(9-11-35)19-13-20-21(29-14-30-24(20)32(3)25(19)33)12-15(2)17-6-5-7-18(22(17)26)23(27)28/h5-7,13-16,23H,4,8-12H2,1-3H3/t15-,16?,35?/m0/s1. The Morgan fingerprint density at radius 3 is 2.54 bits per heavy atom. The summed E-state index contributed by atoms with van der Waals surface area (Å²) in [5.74, 6) is -0.457. The Morgan fingerprint density at radius 1 is 1.20 bits per heavy atom. The molecule has 10 heteroatoms. The summed E-state index contributed by atoms with van der Waals surface area (Å²) in [6, 6.07) is 5.84. The smallest absolute Gasteiger partial charge is 0.266 e. The summed E-state index contributed by atoms with van der Waals surface area (Å²) in [6.07, 6.45) is -0.0390. The summed E-state index contributed by atoms with van der Waals surface area (Å²) in [5, 5.41) is 0.673. The second-order valence-electron chi connectivity index (χ2n) is 9.08. The van der Waals surface area contributed by atoms with Crippen LogP contribution in [-0.2, 0) is 23.2 Å². The van der Waals surface area contributed by atoms with E-state index in [-0.39, 0.29) is 23.5 Å². The monoisotopic (exact) mass is 506 g/mol. The number of nitrogens with zero attached hydrogens (tertiary/aromatic N) is 4. The lowest BCUT2D eigenvalue weighted by molar-refractivity contribution is 0.146. The van der Waals surface area contributed by atoms with Crippen molar-refractivity contribution in [3.63, 3.8) is 0 Å². The zero-order chi connectivity index (χ0) is 25.3. The van der Waals surface area contributed by atoms with Crippen LogP contribution in [0.2, 0.25) is 0 Å². The van der Waals surface area contributed by atoms with Gasteiger partial charge in [-0.1, -0.05) is 25.1 Å². The van der Waals surface area contributed by atoms with Gasteiger partial charge in [0, 0.05) is 45.8 Å². The average Bonchev–Trinajstić information content (AvgIpc) is 2.82. The molecule has 4 rings (SSSR count). The molecule has 1 saturated heterocycles. The Balaban J connectivity index is 1.71. The lowest BCUT2D eigenvalue weighted by Crippen LogP contribution is -2.29. The number of aryl methyl sites for hydroxylation is 1. The van der Waals surface area contributed by atoms with E-state index in [2.05, 4.69) is 14.3 Å². The van der Waals surface area contributed by atoms with Crippen LogP contribution in [0.3, 0.4) is 0 Å². The summed E-state index contributed by atoms with van der Waals surface area (Å²) >= 11 is 0. The highest BCUT2D eigenvalue weighted by atomic mass is 32.2. The number of benzene rings is 1. The van der Waals surface area contributed by atoms with E-state index in [4.69, 9.17) is 0 Å². The first kappa shape index (κ1) is 25.3. The van der Waals surface area contributed by atoms with Crippen LogP contribution < -0.4 is 5.56 Å². The third-order valence-corrected chi connectivity index (χ3v) is 9.29. The highest BCUT2D eigenvalue weighted by Crippen LogP contribution is 2.32. The van der Waals surface area contributed by atoms with E-state index in [0.717, 1.165) is 6.07 Å². The van der Waals surface area contributed by atoms with Crippen molar-refractivity contribution in [3.05, 3.63) is 69.1 Å². The van der Waals surface area contributed by atoms with Gasteiger partial charge in [0.05, 0.1) is 11.3 Å². The van der Waals surface area contributed by atoms with Crippen molar-refractivity contribution in [1.29, 1.82) is 0 Å². The molecule has 1 fully saturated rings. The first-order valence-corrected chi connectivity index (χ1v) is 13.6. The third-order valence-electron chi connectivity index (χ3n) is 6.81. The molecule has 188 valence electrons. The number of hydrogen-bond donors (Lipinski definition) is 0. The number of halogens is 3. The second kappa shape index (κ2) is 10.1. The molecule has 1 atom stereocenters. The van der Waals surface area contributed by atoms with Crippen molar-refractivity contribution < 1.29 is 17.4 Å². The topological polar surface area (TPSA) is 77.2 Å². The van der Waals surface area contributed by atoms with Gasteiger partial charge in [-0.3, -0.25) is 9.36 Å². The van der Waals surface area contributed by atoms with Gasteiger partial charge in [0.25, 0.3) is 12.0 Å². The third kappa shape index (κ3) is 4.98. The normalized spacial score (nSPS) is 21.4. The van der Waals surface area contributed by atoms with Gasteiger partial charge in [0.1, 0.15) is 17.8 Å². The summed E-state index contributed by atoms with van der Waals surface area (Å²) in [4.78, 5) is 21.9. The van der Waals surface area contributed by atoms with Gasteiger partial charge in [-0.25, -0.2) is 31.7 Å². The van der Waals surface area contributed by atoms with Crippen LogP contribution in [0.1, 0.15) is 67.3 Å². The second-order valence-corrected chi connectivity index (χ2v) is 11.7. The van der Waals surface area contributed by atoms with E-state index in [9.17, 15) is 22.2 Å². The lowest BCUT2D eigenvalue weighted by Gasteiger charge is -2.25. The van der Waals surface area contributed by atoms with Crippen LogP contribution in [0, 0.1) is 5.82 Å². The largest absolute Gasteiger partial charge is 0.295 e. The lowest BCUT2D eigenvalue weighted by atomic mass is 9.91. The van der Waals surface area contributed by atoms with Crippen LogP contribution in [0.15, 0.2) is 39.8 Å². The molecular formula is C25H29F3N4O2S. The Labute approximate surface area is 202 Å². The fourth-order valence-electron chi connectivity index (χ4n) is 4.89. The minimum atomic E-state index is -2.89. The van der Waals surface area contributed by atoms with Crippen LogP contribution in [0.25, 0.3) is 11.0 Å². The maximum Gasteiger partial charge on any atom is 0.266 e. The number of hydrogen-bond acceptors (Lipinski definition) is 5. The zero-order valence-corrected chi connectivity index (χ0v) is 20.8. The van der Waals surface area contributed by atoms with E-state index in [1.54, 1.807) is 20.0 Å². The molecule has 3 aromatic rings. The van der Waals surface area contributed by atoms with Crippen LogP contribution in [0.4, 0.5) is 13.2 Å². The fraction of sp³-hybridized carbons (Fsp3) is 0.480. The first-order chi connectivity index (χ1) is 16.6. The van der Waals surface area contributed by atoms with Crippen molar-refractivity contribution in [2.75, 3.05) is 18.1 Å². The molecule has 0 N–H and O–H groups in total. The molecule has 3 heterocycles. The molecule has 0 unspecified atom stereocenters. The molecule has 35 heavy (non-hydrogen) atoms. The SMILES string of the molecule is CCN=S1(=O)CCC(c2cc3c(C[C@H](C)c4cccc(C(F)F)c4F)ncnc3n(C)c2=O)CC1. The van der Waals surface area contributed by atoms with Gasteiger partial charge in [-0.15, -0.1) is 0 Å². The van der Waals surface area contributed by atoms with E-state index in [1.165, 1.54) is 23.0 Å². The van der Waals surface area contributed by atoms with Crippen LogP contribution in [-0.4, -0.2) is 36.8 Å². The maximum absolute atomic E-state index is 14.7. The number of fused-ring (bicyclic) bond motifs is 1. The zero-order valence-electron chi connectivity index (χ0n) is 20.0. The van der Waals surface area contributed by atoms with Crippen molar-refractivity contribution in [1.82, 2.24) is 14.5 Å². The molecule has 1 aliphatic rings. The summed E-state index contributed by atoms with van der Waals surface area (Å²) < 4.78 is 59.7. The molecule has 0 spiro atoms. The highest BCUT2D eigenvalue weighted by Gasteiger charge is 2.27. The highest BCUT2D eigenvalue weighted by molar-refractivity contribution is 7.93. The minimum absolute atomic E-state index is 0.0506. The maximum atomic E-state index is 14.7. The van der Waals surface area contributed by atoms with Crippen molar-refractivity contribution in [2.24, 2.45) is 11.4 Å². The van der Waals surface area contributed by atoms with Crippen molar-refractivity contribution in [3.8, 4) is 0 Å². The van der Waals surface area contributed by atoms with Gasteiger partial charge in [-0.05, 0) is 49.7 Å². The number of aromatic nitrogens is 3. The van der Waals surface area contributed by atoms with Gasteiger partial charge in [0.15, 0.2) is 0 Å². The van der Waals surface area contributed by atoms with Crippen LogP contribution in [0.5, 0.6) is 0 Å². The molecular weight excluding hydrogens is 477 g/mol. The van der Waals surface area contributed by atoms with E-state index in [0.29, 0.717) is 53.2 Å². The molecule has 1 aliphatic heterocycles. The van der Waals surface area contributed by atoms with Crippen LogP contribution >= 0.6 is 0 Å². The van der Waals surface area contributed by atoms with Crippen molar-refractivity contribution >= 4 is 20.8 Å². The fourth-order valence-corrected chi connectivity index (χ4v) is 7.13. The first-order valence-electron chi connectivity index (χ1n) is 11.7. The van der Waals surface area contributed by atoms with Gasteiger partial charge in [0.2, 0.25) is 0 Å². The van der Waals surface area contributed by atoms with E-state index in [1.807, 2.05) is 6.92 Å². The molecule has 1 aromatic carbocycles. The predicted octanol–water partition coefficient (Wildman–Crippen LogP) is 5.12. The van der Waals surface area contributed by atoms with Gasteiger partial charge in [-0.2, -0.15) is 0 Å². The molecule has 0 radical (unpaired) electrons. The summed E-state index contributed by atoms with van der Waals surface area (Å²) in [7, 11) is -0.561. The van der Waals surface area contributed by atoms with E-state index < -0.39 is 33.5 Å². The van der Waals surface area contributed by atoms with E-state index >= 15 is 0 Å². The van der Waals surface area contributed by atoms with Crippen molar-refractivity contribution in [2.45, 2.75) is 51.4 Å². The molecule has 0 aliphatic carbocycles. The molecule has 6 nitrogen and oxygen atoms in total. The number of alkyl halides is 2. The Hall–Kier alpha value is -2.75. The summed E-state index contributed by atoms with van der Waals surface area (Å²) in [5.41, 5.74) is 1.11. The quantitative estimate of drug-likeness (QED) is 0.465. The van der Waals surface area contributed by atoms with Gasteiger partial charge >= 0.3 is 0 Å². The minimum Gasteiger partial charge on any atom is -0.295 e. The molecule has 0 amide bonds. The Morgan fingerprint density at radius 2 is 1.89 bits per heavy atom. The molecule has 0 bridgehead atoms. The summed E-state index contributed by atoms with van der Waals surface area (Å²) in [6.45, 7) is 4.15. The Kier molecular flexibility index (Phi) is 7.30. The molecule has 0 saturated carbocycles.